The van der Waals surface area contributed by atoms with E-state index in [1.54, 1.807) is 13.0 Å². The third kappa shape index (κ3) is 4.88. The first-order valence-corrected chi connectivity index (χ1v) is 6.22. The molecule has 2 N–H and O–H groups in total. The fraction of sp³-hybridized carbons (Fsp3) is 0.769. The fourth-order valence-corrected chi connectivity index (χ4v) is 2.02. The van der Waals surface area contributed by atoms with Crippen molar-refractivity contribution in [2.45, 2.75) is 26.7 Å². The van der Waals surface area contributed by atoms with Crippen molar-refractivity contribution in [1.82, 2.24) is 10.2 Å². The van der Waals surface area contributed by atoms with Crippen molar-refractivity contribution in [3.8, 4) is 0 Å². The molecule has 0 radical (unpaired) electrons. The Labute approximate surface area is 104 Å². The first-order valence-electron chi connectivity index (χ1n) is 6.22. The van der Waals surface area contributed by atoms with Crippen LogP contribution in [-0.2, 0) is 4.79 Å². The number of piperidine rings is 1. The molecule has 4 nitrogen and oxygen atoms in total. The Morgan fingerprint density at radius 2 is 2.06 bits per heavy atom. The predicted molar refractivity (Wildman–Crippen MR) is 69.1 cm³/mol. The highest BCUT2D eigenvalue weighted by Gasteiger charge is 2.27. The Hall–Kier alpha value is -0.870. The lowest BCUT2D eigenvalue weighted by atomic mass is 9.80. The summed E-state index contributed by atoms with van der Waals surface area (Å²) in [6, 6.07) is 0. The molecule has 0 aliphatic carbocycles. The van der Waals surface area contributed by atoms with Crippen LogP contribution in [0.4, 0.5) is 0 Å². The normalized spacial score (nSPS) is 21.5. The van der Waals surface area contributed by atoms with E-state index in [1.165, 1.54) is 12.8 Å². The molecule has 0 aromatic carbocycles. The Balaban J connectivity index is 2.26. The number of aliphatic carboxylic acids is 1. The zero-order chi connectivity index (χ0) is 12.9. The van der Waals surface area contributed by atoms with Crippen molar-refractivity contribution in [2.24, 2.45) is 5.41 Å². The molecule has 0 saturated carbocycles. The molecule has 17 heavy (non-hydrogen) atoms. The molecule has 0 atom stereocenters. The average molecular weight is 240 g/mol. The minimum absolute atomic E-state index is 0.359. The molecular weight excluding hydrogens is 216 g/mol. The number of likely N-dealkylation sites (tertiary alicyclic amines) is 1. The van der Waals surface area contributed by atoms with Crippen molar-refractivity contribution in [1.29, 1.82) is 0 Å². The van der Waals surface area contributed by atoms with Crippen LogP contribution in [0.3, 0.4) is 0 Å². The second kappa shape index (κ2) is 6.17. The van der Waals surface area contributed by atoms with E-state index < -0.39 is 5.97 Å². The molecule has 0 spiro atoms. The van der Waals surface area contributed by atoms with Gasteiger partial charge in [-0.3, -0.25) is 0 Å². The number of carboxylic acid groups (broad SMARTS) is 1. The van der Waals surface area contributed by atoms with Crippen LogP contribution in [-0.4, -0.2) is 49.2 Å². The Bertz CT molecular complexity index is 292. The highest BCUT2D eigenvalue weighted by atomic mass is 16.4. The van der Waals surface area contributed by atoms with Gasteiger partial charge in [-0.15, -0.1) is 0 Å². The van der Waals surface area contributed by atoms with Crippen LogP contribution >= 0.6 is 0 Å². The number of nitrogens with one attached hydrogen (secondary N) is 1. The molecule has 1 saturated heterocycles. The van der Waals surface area contributed by atoms with Crippen molar-refractivity contribution < 1.29 is 9.90 Å². The molecule has 1 rings (SSSR count). The zero-order valence-corrected chi connectivity index (χ0v) is 11.1. The van der Waals surface area contributed by atoms with Crippen LogP contribution in [0.5, 0.6) is 0 Å². The molecule has 1 aliphatic heterocycles. The summed E-state index contributed by atoms with van der Waals surface area (Å²) < 4.78 is 0. The molecule has 4 heteroatoms. The molecule has 1 heterocycles. The van der Waals surface area contributed by atoms with Crippen LogP contribution in [0.25, 0.3) is 0 Å². The summed E-state index contributed by atoms with van der Waals surface area (Å²) >= 11 is 0. The van der Waals surface area contributed by atoms with Crippen LogP contribution in [0.2, 0.25) is 0 Å². The molecule has 1 aliphatic rings. The van der Waals surface area contributed by atoms with Gasteiger partial charge in [-0.05, 0) is 45.3 Å². The lowest BCUT2D eigenvalue weighted by Crippen LogP contribution is -2.42. The summed E-state index contributed by atoms with van der Waals surface area (Å²) in [6.07, 6.45) is 4.15. The maximum atomic E-state index is 10.6. The Morgan fingerprint density at radius 3 is 2.59 bits per heavy atom. The minimum Gasteiger partial charge on any atom is -0.478 e. The number of carboxylic acids is 1. The molecule has 0 unspecified atom stereocenters. The van der Waals surface area contributed by atoms with Crippen molar-refractivity contribution in [3.63, 3.8) is 0 Å². The van der Waals surface area contributed by atoms with Gasteiger partial charge >= 0.3 is 5.97 Å². The third-order valence-electron chi connectivity index (χ3n) is 3.64. The largest absolute Gasteiger partial charge is 0.478 e. The van der Waals surface area contributed by atoms with Gasteiger partial charge in [-0.25, -0.2) is 4.79 Å². The van der Waals surface area contributed by atoms with E-state index in [0.29, 0.717) is 17.5 Å². The van der Waals surface area contributed by atoms with Crippen molar-refractivity contribution in [3.05, 3.63) is 11.6 Å². The molecular formula is C13H24N2O2. The number of hydrogen-bond acceptors (Lipinski definition) is 3. The van der Waals surface area contributed by atoms with E-state index in [1.807, 2.05) is 0 Å². The summed E-state index contributed by atoms with van der Waals surface area (Å²) in [6.45, 7) is 7.85. The smallest absolute Gasteiger partial charge is 0.330 e. The van der Waals surface area contributed by atoms with Crippen LogP contribution < -0.4 is 5.32 Å². The topological polar surface area (TPSA) is 52.6 Å². The molecule has 0 amide bonds. The van der Waals surface area contributed by atoms with Crippen LogP contribution in [0.1, 0.15) is 26.7 Å². The van der Waals surface area contributed by atoms with Gasteiger partial charge in [0.1, 0.15) is 0 Å². The molecule has 0 aromatic rings. The van der Waals surface area contributed by atoms with E-state index in [4.69, 9.17) is 5.11 Å². The number of carbonyl (C=O) groups is 1. The van der Waals surface area contributed by atoms with Gasteiger partial charge in [0.05, 0.1) is 0 Å². The van der Waals surface area contributed by atoms with Gasteiger partial charge in [-0.1, -0.05) is 13.0 Å². The number of nitrogens with zero attached hydrogens (tertiary/aromatic N) is 1. The summed E-state index contributed by atoms with van der Waals surface area (Å²) in [5.41, 5.74) is 0.767. The summed E-state index contributed by atoms with van der Waals surface area (Å²) in [4.78, 5) is 13.0. The zero-order valence-electron chi connectivity index (χ0n) is 11.1. The van der Waals surface area contributed by atoms with Gasteiger partial charge < -0.3 is 15.3 Å². The standard InChI is InChI=1S/C13H24N2O2/c1-11(12(16)17)4-7-14-10-13(2)5-8-15(3)9-6-13/h4,14H,5-10H2,1-3H3,(H,16,17)/b11-4-. The second-order valence-electron chi connectivity index (χ2n) is 5.44. The predicted octanol–water partition coefficient (Wildman–Crippen LogP) is 1.34. The van der Waals surface area contributed by atoms with Crippen molar-refractivity contribution in [2.75, 3.05) is 33.2 Å². The summed E-state index contributed by atoms with van der Waals surface area (Å²) in [5, 5.41) is 12.0. The quantitative estimate of drug-likeness (QED) is 0.562. The summed E-state index contributed by atoms with van der Waals surface area (Å²) in [5.74, 6) is -0.836. The SMILES string of the molecule is C/C(=C/CNCC1(C)CCN(C)CC1)C(=O)O. The van der Waals surface area contributed by atoms with Gasteiger partial charge in [-0.2, -0.15) is 0 Å². The lowest BCUT2D eigenvalue weighted by Gasteiger charge is -2.38. The molecule has 1 fully saturated rings. The fourth-order valence-electron chi connectivity index (χ4n) is 2.02. The maximum Gasteiger partial charge on any atom is 0.330 e. The lowest BCUT2D eigenvalue weighted by molar-refractivity contribution is -0.132. The number of hydrogen-bond donors (Lipinski definition) is 2. The first-order chi connectivity index (χ1) is 7.93. The molecule has 0 aromatic heterocycles. The van der Waals surface area contributed by atoms with Gasteiger partial charge in [0.25, 0.3) is 0 Å². The van der Waals surface area contributed by atoms with E-state index in [0.717, 1.165) is 19.6 Å². The highest BCUT2D eigenvalue weighted by Crippen LogP contribution is 2.29. The Kier molecular flexibility index (Phi) is 5.15. The van der Waals surface area contributed by atoms with E-state index in [-0.39, 0.29) is 0 Å². The molecule has 98 valence electrons. The van der Waals surface area contributed by atoms with E-state index in [2.05, 4.69) is 24.2 Å². The Morgan fingerprint density at radius 1 is 1.47 bits per heavy atom. The average Bonchev–Trinajstić information content (AvgIpc) is 2.28. The van der Waals surface area contributed by atoms with Crippen LogP contribution in [0.15, 0.2) is 11.6 Å². The third-order valence-corrected chi connectivity index (χ3v) is 3.64. The van der Waals surface area contributed by atoms with Gasteiger partial charge in [0.2, 0.25) is 0 Å². The molecule has 0 bridgehead atoms. The van der Waals surface area contributed by atoms with E-state index >= 15 is 0 Å². The first kappa shape index (κ1) is 14.2. The van der Waals surface area contributed by atoms with Crippen LogP contribution in [0, 0.1) is 5.41 Å². The van der Waals surface area contributed by atoms with Crippen molar-refractivity contribution >= 4 is 5.97 Å². The number of rotatable bonds is 5. The second-order valence-corrected chi connectivity index (χ2v) is 5.44. The minimum atomic E-state index is -0.836. The van der Waals surface area contributed by atoms with Gasteiger partial charge in [0.15, 0.2) is 0 Å². The van der Waals surface area contributed by atoms with E-state index in [9.17, 15) is 4.79 Å². The van der Waals surface area contributed by atoms with Gasteiger partial charge in [0, 0.05) is 18.7 Å². The monoisotopic (exact) mass is 240 g/mol. The highest BCUT2D eigenvalue weighted by molar-refractivity contribution is 5.85. The maximum absolute atomic E-state index is 10.6. The summed E-state index contributed by atoms with van der Waals surface area (Å²) in [7, 11) is 2.16.